The summed E-state index contributed by atoms with van der Waals surface area (Å²) in [6.45, 7) is 8.84. The predicted octanol–water partition coefficient (Wildman–Crippen LogP) is 6.47. The van der Waals surface area contributed by atoms with E-state index in [1.54, 1.807) is 11.8 Å². The van der Waals surface area contributed by atoms with Gasteiger partial charge in [-0.25, -0.2) is 0 Å². The minimum Gasteiger partial charge on any atom is -0.494 e. The number of hydrogen-bond acceptors (Lipinski definition) is 6. The smallest absolute Gasteiger partial charge is 0.306 e. The lowest BCUT2D eigenvalue weighted by Crippen LogP contribution is -2.47. The molecule has 0 bridgehead atoms. The maximum atomic E-state index is 14.4. The molecule has 0 saturated heterocycles. The monoisotopic (exact) mass is 534 g/mol. The van der Waals surface area contributed by atoms with Crippen LogP contribution < -0.4 is 9.64 Å². The van der Waals surface area contributed by atoms with Crippen LogP contribution in [0, 0.1) is 0 Å². The quantitative estimate of drug-likeness (QED) is 0.263. The van der Waals surface area contributed by atoms with Gasteiger partial charge in [-0.3, -0.25) is 9.59 Å². The van der Waals surface area contributed by atoms with Gasteiger partial charge in [0.25, 0.3) is 5.91 Å². The third-order valence-electron chi connectivity index (χ3n) is 6.81. The molecule has 0 aliphatic carbocycles. The molecule has 1 amide bonds. The van der Waals surface area contributed by atoms with Gasteiger partial charge in [0.1, 0.15) is 5.75 Å². The van der Waals surface area contributed by atoms with Gasteiger partial charge < -0.3 is 19.3 Å². The van der Waals surface area contributed by atoms with Gasteiger partial charge in [0, 0.05) is 29.8 Å². The molecule has 0 unspecified atom stereocenters. The molecule has 0 aromatic heterocycles. The predicted molar refractivity (Wildman–Crippen MR) is 155 cm³/mol. The van der Waals surface area contributed by atoms with Crippen LogP contribution in [0.1, 0.15) is 50.8 Å². The average molecular weight is 535 g/mol. The Morgan fingerprint density at radius 3 is 2.42 bits per heavy atom. The van der Waals surface area contributed by atoms with Gasteiger partial charge in [-0.15, -0.1) is 11.8 Å². The van der Waals surface area contributed by atoms with Crippen molar-refractivity contribution in [2.75, 3.05) is 38.2 Å². The van der Waals surface area contributed by atoms with Crippen molar-refractivity contribution in [2.45, 2.75) is 56.3 Å². The van der Waals surface area contributed by atoms with Gasteiger partial charge in [0.2, 0.25) is 0 Å². The number of thioether (sulfide) groups is 1. The molecule has 1 aliphatic heterocycles. The lowest BCUT2D eigenvalue weighted by molar-refractivity contribution is -0.155. The highest BCUT2D eigenvalue weighted by molar-refractivity contribution is 7.99. The van der Waals surface area contributed by atoms with E-state index in [4.69, 9.17) is 9.47 Å². The molecule has 3 aromatic rings. The zero-order chi connectivity index (χ0) is 27.1. The van der Waals surface area contributed by atoms with Crippen LogP contribution in [0.3, 0.4) is 0 Å². The molecule has 202 valence electrons. The number of amides is 1. The van der Waals surface area contributed by atoms with E-state index >= 15 is 0 Å². The molecular formula is C31H38N2O4S. The third kappa shape index (κ3) is 6.33. The molecule has 38 heavy (non-hydrogen) atoms. The summed E-state index contributed by atoms with van der Waals surface area (Å²) < 4.78 is 11.8. The highest BCUT2D eigenvalue weighted by Crippen LogP contribution is 2.47. The molecule has 1 heterocycles. The first kappa shape index (κ1) is 28.0. The lowest BCUT2D eigenvalue weighted by Gasteiger charge is -2.35. The highest BCUT2D eigenvalue weighted by Gasteiger charge is 2.40. The Bertz CT molecular complexity index is 1240. The van der Waals surface area contributed by atoms with E-state index in [1.165, 1.54) is 0 Å². The van der Waals surface area contributed by atoms with Crippen LogP contribution in [0.15, 0.2) is 65.6 Å². The van der Waals surface area contributed by atoms with Crippen molar-refractivity contribution in [2.24, 2.45) is 0 Å². The van der Waals surface area contributed by atoms with Gasteiger partial charge in [0.05, 0.1) is 17.5 Å². The number of likely N-dealkylation sites (N-methyl/N-ethyl adjacent to an activating group) is 1. The fraction of sp³-hybridized carbons (Fsp3) is 0.419. The first-order valence-corrected chi connectivity index (χ1v) is 14.4. The number of esters is 1. The molecule has 1 aliphatic rings. The second kappa shape index (κ2) is 13.2. The van der Waals surface area contributed by atoms with Gasteiger partial charge in [0.15, 0.2) is 6.10 Å². The summed E-state index contributed by atoms with van der Waals surface area (Å²) in [4.78, 5) is 32.3. The maximum Gasteiger partial charge on any atom is 0.306 e. The van der Waals surface area contributed by atoms with Crippen molar-refractivity contribution < 1.29 is 19.1 Å². The van der Waals surface area contributed by atoms with Crippen molar-refractivity contribution in [3.8, 4) is 5.75 Å². The number of hydrogen-bond donors (Lipinski definition) is 0. The van der Waals surface area contributed by atoms with Gasteiger partial charge in [-0.05, 0) is 61.6 Å². The molecule has 6 nitrogen and oxygen atoms in total. The number of carbonyl (C=O) groups is 2. The molecule has 3 aromatic carbocycles. The van der Waals surface area contributed by atoms with Crippen molar-refractivity contribution in [3.05, 3.63) is 66.2 Å². The number of nitrogens with zero attached hydrogens (tertiary/aromatic N) is 2. The third-order valence-corrected chi connectivity index (χ3v) is 8.18. The number of anilines is 1. The zero-order valence-electron chi connectivity index (χ0n) is 22.8. The largest absolute Gasteiger partial charge is 0.494 e. The van der Waals surface area contributed by atoms with Crippen molar-refractivity contribution >= 4 is 40.1 Å². The maximum absolute atomic E-state index is 14.4. The van der Waals surface area contributed by atoms with E-state index in [9.17, 15) is 9.59 Å². The van der Waals surface area contributed by atoms with Crippen molar-refractivity contribution in [1.29, 1.82) is 0 Å². The second-order valence-electron chi connectivity index (χ2n) is 9.63. The Kier molecular flexibility index (Phi) is 9.69. The van der Waals surface area contributed by atoms with Crippen LogP contribution >= 0.6 is 11.8 Å². The molecule has 4 rings (SSSR count). The zero-order valence-corrected chi connectivity index (χ0v) is 23.6. The van der Waals surface area contributed by atoms with Gasteiger partial charge in [-0.1, -0.05) is 57.2 Å². The minimum absolute atomic E-state index is 0.190. The topological polar surface area (TPSA) is 59.1 Å². The molecule has 0 spiro atoms. The van der Waals surface area contributed by atoms with E-state index in [0.29, 0.717) is 26.1 Å². The summed E-state index contributed by atoms with van der Waals surface area (Å²) in [6, 6.07) is 20.1. The van der Waals surface area contributed by atoms with Crippen LogP contribution in [0.4, 0.5) is 5.69 Å². The van der Waals surface area contributed by atoms with E-state index in [0.717, 1.165) is 45.6 Å². The van der Waals surface area contributed by atoms with Crippen LogP contribution in [-0.2, 0) is 14.3 Å². The molecule has 0 saturated carbocycles. The van der Waals surface area contributed by atoms with Gasteiger partial charge >= 0.3 is 5.97 Å². The summed E-state index contributed by atoms with van der Waals surface area (Å²) in [5.74, 6) is 0.246. The van der Waals surface area contributed by atoms with Crippen molar-refractivity contribution in [1.82, 2.24) is 4.90 Å². The Morgan fingerprint density at radius 1 is 1.00 bits per heavy atom. The van der Waals surface area contributed by atoms with E-state index in [1.807, 2.05) is 61.3 Å². The number of carbonyl (C=O) groups excluding carboxylic acids is 2. The first-order chi connectivity index (χ1) is 18.5. The number of ether oxygens (including phenoxy) is 2. The molecule has 0 N–H and O–H groups in total. The Balaban J connectivity index is 1.84. The van der Waals surface area contributed by atoms with E-state index < -0.39 is 11.4 Å². The average Bonchev–Trinajstić information content (AvgIpc) is 2.93. The molecule has 0 fully saturated rings. The minimum atomic E-state index is -0.961. The standard InChI is InChI=1S/C31H38N2O4S/c1-5-10-27(34)37-29-30(23-15-17-24(18-16-23)36-21-6-2)38-26-14-9-12-22-11-8-13-25(28(22)26)33(31(29)35)20-19-32(4)7-3/h8-9,11-18,29-30H,5-7,10,19-21H2,1-4H3/t29-,30+/m1/s1. The fourth-order valence-electron chi connectivity index (χ4n) is 4.60. The normalized spacial score (nSPS) is 17.4. The number of benzene rings is 3. The Hall–Kier alpha value is -3.03. The SMILES string of the molecule is CCCOc1ccc([C@@H]2Sc3cccc4cccc(c34)N(CCN(C)CC)C(=O)[C@@H]2OC(=O)CCC)cc1. The highest BCUT2D eigenvalue weighted by atomic mass is 32.2. The van der Waals surface area contributed by atoms with E-state index in [-0.39, 0.29) is 18.3 Å². The Labute approximate surface area is 230 Å². The first-order valence-electron chi connectivity index (χ1n) is 13.6. The van der Waals surface area contributed by atoms with Crippen molar-refractivity contribution in [3.63, 3.8) is 0 Å². The summed E-state index contributed by atoms with van der Waals surface area (Å²) in [5.41, 5.74) is 1.78. The molecule has 2 atom stereocenters. The fourth-order valence-corrected chi connectivity index (χ4v) is 5.96. The number of rotatable bonds is 11. The second-order valence-corrected chi connectivity index (χ2v) is 10.8. The molecule has 7 heteroatoms. The van der Waals surface area contributed by atoms with Crippen LogP contribution in [0.2, 0.25) is 0 Å². The van der Waals surface area contributed by atoms with Crippen LogP contribution in [-0.4, -0.2) is 56.2 Å². The summed E-state index contributed by atoms with van der Waals surface area (Å²) in [5, 5.41) is 1.73. The Morgan fingerprint density at radius 2 is 1.74 bits per heavy atom. The van der Waals surface area contributed by atoms with Gasteiger partial charge in [-0.2, -0.15) is 0 Å². The molecule has 0 radical (unpaired) electrons. The van der Waals surface area contributed by atoms with Crippen LogP contribution in [0.25, 0.3) is 10.8 Å². The summed E-state index contributed by atoms with van der Waals surface area (Å²) in [7, 11) is 2.04. The summed E-state index contributed by atoms with van der Waals surface area (Å²) in [6.07, 6.45) is 0.901. The van der Waals surface area contributed by atoms with Crippen LogP contribution in [0.5, 0.6) is 5.75 Å². The molecular weight excluding hydrogens is 496 g/mol. The summed E-state index contributed by atoms with van der Waals surface area (Å²) >= 11 is 1.59. The van der Waals surface area contributed by atoms with E-state index in [2.05, 4.69) is 36.9 Å². The lowest BCUT2D eigenvalue weighted by atomic mass is 10.0.